The van der Waals surface area contributed by atoms with Crippen LogP contribution in [-0.4, -0.2) is 17.6 Å². The Balaban J connectivity index is 2.27. The van der Waals surface area contributed by atoms with Crippen LogP contribution in [0.25, 0.3) is 0 Å². The van der Waals surface area contributed by atoms with E-state index in [9.17, 15) is 4.79 Å². The largest absolute Gasteiger partial charge is 0.462 e. The van der Waals surface area contributed by atoms with Gasteiger partial charge in [-0.2, -0.15) is 0 Å². The van der Waals surface area contributed by atoms with E-state index >= 15 is 0 Å². The molecule has 0 spiro atoms. The summed E-state index contributed by atoms with van der Waals surface area (Å²) in [6, 6.07) is 3.14. The van der Waals surface area contributed by atoms with Gasteiger partial charge in [-0.05, 0) is 19.1 Å². The number of carbonyl (C=O) groups excluding carboxylic acids is 1. The van der Waals surface area contributed by atoms with E-state index in [0.29, 0.717) is 28.5 Å². The number of esters is 1. The molecular formula is C13H14ClN3O2S. The first-order valence-electron chi connectivity index (χ1n) is 5.99. The zero-order valence-corrected chi connectivity index (χ0v) is 12.4. The number of rotatable bonds is 5. The summed E-state index contributed by atoms with van der Waals surface area (Å²) >= 11 is 7.66. The van der Waals surface area contributed by atoms with E-state index in [1.807, 2.05) is 5.38 Å². The van der Waals surface area contributed by atoms with Crippen LogP contribution in [0.3, 0.4) is 0 Å². The fourth-order valence-corrected chi connectivity index (χ4v) is 2.53. The molecule has 3 N–H and O–H groups in total. The van der Waals surface area contributed by atoms with Crippen LogP contribution in [0.1, 0.15) is 23.0 Å². The summed E-state index contributed by atoms with van der Waals surface area (Å²) in [6.07, 6.45) is 0. The van der Waals surface area contributed by atoms with Crippen LogP contribution in [0.2, 0.25) is 5.02 Å². The van der Waals surface area contributed by atoms with Crippen molar-refractivity contribution in [3.05, 3.63) is 39.3 Å². The van der Waals surface area contributed by atoms with E-state index in [0.717, 1.165) is 5.69 Å². The monoisotopic (exact) mass is 311 g/mol. The van der Waals surface area contributed by atoms with Crippen molar-refractivity contribution in [3.63, 3.8) is 0 Å². The van der Waals surface area contributed by atoms with E-state index < -0.39 is 5.97 Å². The Morgan fingerprint density at radius 1 is 1.55 bits per heavy atom. The number of anilines is 2. The van der Waals surface area contributed by atoms with Crippen LogP contribution in [0, 0.1) is 0 Å². The maximum absolute atomic E-state index is 11.9. The molecule has 2 rings (SSSR count). The molecule has 106 valence electrons. The van der Waals surface area contributed by atoms with Crippen molar-refractivity contribution >= 4 is 40.3 Å². The topological polar surface area (TPSA) is 77.2 Å². The number of nitrogens with one attached hydrogen (secondary N) is 1. The molecule has 7 heteroatoms. The fourth-order valence-electron chi connectivity index (χ4n) is 1.68. The van der Waals surface area contributed by atoms with E-state index in [-0.39, 0.29) is 6.61 Å². The van der Waals surface area contributed by atoms with Crippen LogP contribution < -0.4 is 11.1 Å². The Kier molecular flexibility index (Phi) is 4.81. The molecule has 0 amide bonds. The molecule has 0 aliphatic rings. The van der Waals surface area contributed by atoms with Crippen molar-refractivity contribution in [2.24, 2.45) is 0 Å². The van der Waals surface area contributed by atoms with Crippen LogP contribution in [0.15, 0.2) is 23.0 Å². The number of hydrogen-bond acceptors (Lipinski definition) is 6. The van der Waals surface area contributed by atoms with Crippen molar-refractivity contribution in [1.82, 2.24) is 4.98 Å². The minimum Gasteiger partial charge on any atom is -0.462 e. The molecule has 0 bridgehead atoms. The summed E-state index contributed by atoms with van der Waals surface area (Å²) in [7, 11) is 0. The van der Waals surface area contributed by atoms with Gasteiger partial charge < -0.3 is 15.8 Å². The maximum atomic E-state index is 11.9. The number of thiazole rings is 1. The molecule has 2 aromatic rings. The van der Waals surface area contributed by atoms with Crippen LogP contribution in [0.5, 0.6) is 0 Å². The number of halogens is 1. The lowest BCUT2D eigenvalue weighted by atomic mass is 10.1. The molecule has 1 aromatic carbocycles. The summed E-state index contributed by atoms with van der Waals surface area (Å²) in [6.45, 7) is 2.50. The predicted octanol–water partition coefficient (Wildman–Crippen LogP) is 3.17. The highest BCUT2D eigenvalue weighted by atomic mass is 35.5. The van der Waals surface area contributed by atoms with Crippen LogP contribution in [0.4, 0.5) is 11.4 Å². The number of hydrogen-bond donors (Lipinski definition) is 2. The van der Waals surface area contributed by atoms with Crippen LogP contribution in [-0.2, 0) is 11.3 Å². The molecule has 0 aliphatic carbocycles. The van der Waals surface area contributed by atoms with E-state index in [1.54, 1.807) is 24.6 Å². The molecule has 0 saturated carbocycles. The second-order valence-electron chi connectivity index (χ2n) is 3.98. The Hall–Kier alpha value is -1.79. The lowest BCUT2D eigenvalue weighted by Gasteiger charge is -2.13. The second kappa shape index (κ2) is 6.58. The van der Waals surface area contributed by atoms with Crippen molar-refractivity contribution in [1.29, 1.82) is 0 Å². The molecule has 0 atom stereocenters. The highest BCUT2D eigenvalue weighted by molar-refractivity contribution is 7.07. The van der Waals surface area contributed by atoms with Gasteiger partial charge in [-0.15, -0.1) is 11.3 Å². The third kappa shape index (κ3) is 3.40. The molecule has 0 unspecified atom stereocenters. The molecule has 1 aromatic heterocycles. The zero-order valence-electron chi connectivity index (χ0n) is 10.9. The maximum Gasteiger partial charge on any atom is 0.340 e. The van der Waals surface area contributed by atoms with Gasteiger partial charge in [-0.3, -0.25) is 0 Å². The zero-order chi connectivity index (χ0) is 14.5. The molecule has 20 heavy (non-hydrogen) atoms. The Morgan fingerprint density at radius 3 is 3.00 bits per heavy atom. The normalized spacial score (nSPS) is 10.3. The summed E-state index contributed by atoms with van der Waals surface area (Å²) in [5.74, 6) is -0.456. The van der Waals surface area contributed by atoms with Gasteiger partial charge in [-0.1, -0.05) is 11.6 Å². The third-order valence-corrected chi connectivity index (χ3v) is 3.47. The number of nitrogens with zero attached hydrogens (tertiary/aromatic N) is 1. The quantitative estimate of drug-likeness (QED) is 0.655. The van der Waals surface area contributed by atoms with Gasteiger partial charge in [0.25, 0.3) is 0 Å². The standard InChI is InChI=1S/C13H14ClN3O2S/c1-2-19-13(18)10-3-8(15)4-11(14)12(10)16-5-9-6-20-7-17-9/h3-4,6-7,16H,2,5,15H2,1H3. The molecule has 1 heterocycles. The summed E-state index contributed by atoms with van der Waals surface area (Å²) in [5.41, 5.74) is 9.59. The first-order valence-corrected chi connectivity index (χ1v) is 7.31. The average Bonchev–Trinajstić information content (AvgIpc) is 2.90. The van der Waals surface area contributed by atoms with Gasteiger partial charge in [-0.25, -0.2) is 9.78 Å². The van der Waals surface area contributed by atoms with Gasteiger partial charge in [0.1, 0.15) is 0 Å². The van der Waals surface area contributed by atoms with Crippen molar-refractivity contribution in [2.75, 3.05) is 17.7 Å². The number of carbonyl (C=O) groups is 1. The lowest BCUT2D eigenvalue weighted by molar-refractivity contribution is 0.0527. The number of nitrogens with two attached hydrogens (primary N) is 1. The van der Waals surface area contributed by atoms with Gasteiger partial charge in [0.05, 0.1) is 40.6 Å². The van der Waals surface area contributed by atoms with Gasteiger partial charge in [0, 0.05) is 11.1 Å². The minimum absolute atomic E-state index is 0.288. The van der Waals surface area contributed by atoms with Crippen molar-refractivity contribution in [3.8, 4) is 0 Å². The van der Waals surface area contributed by atoms with Crippen molar-refractivity contribution in [2.45, 2.75) is 13.5 Å². The Bertz CT molecular complexity index is 602. The number of ether oxygens (including phenoxy) is 1. The van der Waals surface area contributed by atoms with E-state index in [1.165, 1.54) is 11.3 Å². The highest BCUT2D eigenvalue weighted by Crippen LogP contribution is 2.30. The number of nitrogen functional groups attached to an aromatic ring is 1. The van der Waals surface area contributed by atoms with Gasteiger partial charge in [0.15, 0.2) is 0 Å². The third-order valence-electron chi connectivity index (χ3n) is 2.54. The minimum atomic E-state index is -0.456. The molecule has 0 aliphatic heterocycles. The Labute approximate surface area is 125 Å². The molecule has 0 saturated heterocycles. The predicted molar refractivity (Wildman–Crippen MR) is 81.3 cm³/mol. The highest BCUT2D eigenvalue weighted by Gasteiger charge is 2.16. The second-order valence-corrected chi connectivity index (χ2v) is 5.10. The SMILES string of the molecule is CCOC(=O)c1cc(N)cc(Cl)c1NCc1cscn1. The van der Waals surface area contributed by atoms with Gasteiger partial charge in [0.2, 0.25) is 0 Å². The molecule has 5 nitrogen and oxygen atoms in total. The summed E-state index contributed by atoms with van der Waals surface area (Å²) in [4.78, 5) is 16.1. The van der Waals surface area contributed by atoms with E-state index in [4.69, 9.17) is 22.1 Å². The molecule has 0 radical (unpaired) electrons. The molecular weight excluding hydrogens is 298 g/mol. The smallest absolute Gasteiger partial charge is 0.340 e. The lowest BCUT2D eigenvalue weighted by Crippen LogP contribution is -2.11. The first kappa shape index (κ1) is 14.6. The average molecular weight is 312 g/mol. The van der Waals surface area contributed by atoms with Crippen LogP contribution >= 0.6 is 22.9 Å². The summed E-state index contributed by atoms with van der Waals surface area (Å²) < 4.78 is 5.01. The first-order chi connectivity index (χ1) is 9.61. The van der Waals surface area contributed by atoms with E-state index in [2.05, 4.69) is 10.3 Å². The van der Waals surface area contributed by atoms with Gasteiger partial charge >= 0.3 is 5.97 Å². The number of aromatic nitrogens is 1. The Morgan fingerprint density at radius 2 is 2.35 bits per heavy atom. The number of benzene rings is 1. The summed E-state index contributed by atoms with van der Waals surface area (Å²) in [5, 5.41) is 5.40. The van der Waals surface area contributed by atoms with Crippen molar-refractivity contribution < 1.29 is 9.53 Å². The fraction of sp³-hybridized carbons (Fsp3) is 0.231. The molecule has 0 fully saturated rings.